The number of nitrogens with zero attached hydrogens (tertiary/aromatic N) is 3. The van der Waals surface area contributed by atoms with Gasteiger partial charge in [-0.05, 0) is 35.9 Å². The number of ether oxygens (including phenoxy) is 1. The van der Waals surface area contributed by atoms with Gasteiger partial charge in [0, 0.05) is 31.1 Å². The van der Waals surface area contributed by atoms with Crippen LogP contribution < -0.4 is 4.74 Å². The van der Waals surface area contributed by atoms with Crippen molar-refractivity contribution in [1.29, 1.82) is 0 Å². The Hall–Kier alpha value is -3.36. The van der Waals surface area contributed by atoms with Gasteiger partial charge in [0.05, 0.1) is 13.0 Å². The van der Waals surface area contributed by atoms with Crippen molar-refractivity contribution in [3.8, 4) is 17.1 Å². The van der Waals surface area contributed by atoms with Crippen molar-refractivity contribution in [2.45, 2.75) is 18.9 Å². The fraction of sp³-hybridized carbons (Fsp3) is 0.250. The SMILES string of the molecule is COc1ccc(-c2noc(C3CC(=O)N(Cc4cc(F)cc(F)c4)C3)n2)cc1F. The zero-order chi connectivity index (χ0) is 20.5. The van der Waals surface area contributed by atoms with Gasteiger partial charge in [-0.25, -0.2) is 13.2 Å². The van der Waals surface area contributed by atoms with Crippen molar-refractivity contribution in [2.75, 3.05) is 13.7 Å². The molecule has 1 unspecified atom stereocenters. The number of benzene rings is 2. The van der Waals surface area contributed by atoms with Gasteiger partial charge in [0.25, 0.3) is 0 Å². The molecule has 2 aromatic carbocycles. The van der Waals surface area contributed by atoms with E-state index in [9.17, 15) is 18.0 Å². The van der Waals surface area contributed by atoms with Crippen molar-refractivity contribution in [1.82, 2.24) is 15.0 Å². The summed E-state index contributed by atoms with van der Waals surface area (Å²) < 4.78 is 50.8. The molecular formula is C20H16F3N3O3. The van der Waals surface area contributed by atoms with Crippen LogP contribution >= 0.6 is 0 Å². The summed E-state index contributed by atoms with van der Waals surface area (Å²) in [7, 11) is 1.37. The quantitative estimate of drug-likeness (QED) is 0.650. The lowest BCUT2D eigenvalue weighted by atomic mass is 10.1. The Bertz CT molecular complexity index is 1050. The third kappa shape index (κ3) is 3.94. The van der Waals surface area contributed by atoms with Gasteiger partial charge < -0.3 is 14.2 Å². The van der Waals surface area contributed by atoms with Gasteiger partial charge in [0.1, 0.15) is 11.6 Å². The molecule has 1 saturated heterocycles. The van der Waals surface area contributed by atoms with Gasteiger partial charge in [-0.15, -0.1) is 0 Å². The highest BCUT2D eigenvalue weighted by Crippen LogP contribution is 2.30. The number of methoxy groups -OCH3 is 1. The van der Waals surface area contributed by atoms with Crippen molar-refractivity contribution in [2.24, 2.45) is 0 Å². The number of hydrogen-bond acceptors (Lipinski definition) is 5. The lowest BCUT2D eigenvalue weighted by Crippen LogP contribution is -2.24. The molecule has 1 aliphatic heterocycles. The number of amides is 1. The van der Waals surface area contributed by atoms with Crippen LogP contribution in [-0.4, -0.2) is 34.6 Å². The van der Waals surface area contributed by atoms with Crippen molar-refractivity contribution >= 4 is 5.91 Å². The Labute approximate surface area is 163 Å². The fourth-order valence-electron chi connectivity index (χ4n) is 3.34. The van der Waals surface area contributed by atoms with Crippen LogP contribution in [0.4, 0.5) is 13.2 Å². The number of hydrogen-bond donors (Lipinski definition) is 0. The highest BCUT2D eigenvalue weighted by molar-refractivity contribution is 5.79. The van der Waals surface area contributed by atoms with E-state index in [4.69, 9.17) is 9.26 Å². The number of halogens is 3. The molecule has 0 aliphatic carbocycles. The topological polar surface area (TPSA) is 68.5 Å². The van der Waals surface area contributed by atoms with Crippen LogP contribution in [0.25, 0.3) is 11.4 Å². The molecule has 150 valence electrons. The number of carbonyl (C=O) groups excluding carboxylic acids is 1. The van der Waals surface area contributed by atoms with Crippen molar-refractivity contribution in [3.63, 3.8) is 0 Å². The third-order valence-corrected chi connectivity index (χ3v) is 4.71. The molecule has 0 bridgehead atoms. The highest BCUT2D eigenvalue weighted by Gasteiger charge is 2.34. The zero-order valence-corrected chi connectivity index (χ0v) is 15.4. The van der Waals surface area contributed by atoms with Crippen molar-refractivity contribution in [3.05, 3.63) is 65.3 Å². The normalized spacial score (nSPS) is 16.5. The summed E-state index contributed by atoms with van der Waals surface area (Å²) in [5, 5.41) is 3.86. The van der Waals surface area contributed by atoms with E-state index in [0.29, 0.717) is 11.1 Å². The Balaban J connectivity index is 1.49. The van der Waals surface area contributed by atoms with Crippen LogP contribution in [0.2, 0.25) is 0 Å². The molecule has 29 heavy (non-hydrogen) atoms. The maximum Gasteiger partial charge on any atom is 0.232 e. The second kappa shape index (κ2) is 7.57. The monoisotopic (exact) mass is 403 g/mol. The smallest absolute Gasteiger partial charge is 0.232 e. The molecule has 0 radical (unpaired) electrons. The van der Waals surface area contributed by atoms with Crippen LogP contribution in [0.15, 0.2) is 40.9 Å². The Morgan fingerprint density at radius 3 is 2.62 bits per heavy atom. The van der Waals surface area contributed by atoms with Gasteiger partial charge in [0.15, 0.2) is 11.6 Å². The van der Waals surface area contributed by atoms with Crippen LogP contribution in [0.1, 0.15) is 23.8 Å². The number of likely N-dealkylation sites (tertiary alicyclic amines) is 1. The Morgan fingerprint density at radius 1 is 1.17 bits per heavy atom. The van der Waals surface area contributed by atoms with E-state index in [1.807, 2.05) is 0 Å². The first-order valence-corrected chi connectivity index (χ1v) is 8.83. The fourth-order valence-corrected chi connectivity index (χ4v) is 3.34. The molecule has 1 aromatic heterocycles. The molecule has 1 fully saturated rings. The van der Waals surface area contributed by atoms with Crippen LogP contribution in [0, 0.1) is 17.5 Å². The summed E-state index contributed by atoms with van der Waals surface area (Å²) in [4.78, 5) is 18.1. The first-order chi connectivity index (χ1) is 13.9. The van der Waals surface area contributed by atoms with Gasteiger partial charge in [-0.1, -0.05) is 5.16 Å². The van der Waals surface area contributed by atoms with E-state index in [0.717, 1.165) is 6.07 Å². The first-order valence-electron chi connectivity index (χ1n) is 8.83. The summed E-state index contributed by atoms with van der Waals surface area (Å²) in [5.74, 6) is -1.95. The average Bonchev–Trinajstić information content (AvgIpc) is 3.28. The largest absolute Gasteiger partial charge is 0.494 e. The van der Waals surface area contributed by atoms with E-state index >= 15 is 0 Å². The Kier molecular flexibility index (Phi) is 4.96. The zero-order valence-electron chi connectivity index (χ0n) is 15.4. The minimum Gasteiger partial charge on any atom is -0.494 e. The molecule has 1 amide bonds. The summed E-state index contributed by atoms with van der Waals surface area (Å²) in [6.07, 6.45) is 0.135. The van der Waals surface area contributed by atoms with Gasteiger partial charge >= 0.3 is 0 Å². The molecule has 9 heteroatoms. The molecule has 1 aliphatic rings. The summed E-state index contributed by atoms with van der Waals surface area (Å²) >= 11 is 0. The second-order valence-electron chi connectivity index (χ2n) is 6.76. The average molecular weight is 403 g/mol. The van der Waals surface area contributed by atoms with Gasteiger partial charge in [-0.3, -0.25) is 4.79 Å². The molecule has 4 rings (SSSR count). The van der Waals surface area contributed by atoms with E-state index in [2.05, 4.69) is 10.1 Å². The predicted molar refractivity (Wildman–Crippen MR) is 95.4 cm³/mol. The first kappa shape index (κ1) is 19.0. The minimum absolute atomic E-state index is 0.0781. The van der Waals surface area contributed by atoms with E-state index in [1.54, 1.807) is 6.07 Å². The summed E-state index contributed by atoms with van der Waals surface area (Å²) in [6.45, 7) is 0.351. The van der Waals surface area contributed by atoms with Crippen LogP contribution in [0.3, 0.4) is 0 Å². The molecule has 0 saturated carbocycles. The molecule has 0 spiro atoms. The molecule has 3 aromatic rings. The standard InChI is InChI=1S/C20H16F3N3O3/c1-28-17-3-2-12(6-16(17)23)19-24-20(29-25-19)13-7-18(27)26(10-13)9-11-4-14(21)8-15(22)5-11/h2-6,8,13H,7,9-10H2,1H3. The van der Waals surface area contributed by atoms with E-state index in [-0.39, 0.29) is 48.8 Å². The number of aromatic nitrogens is 2. The molecule has 6 nitrogen and oxygen atoms in total. The maximum absolute atomic E-state index is 13.9. The predicted octanol–water partition coefficient (Wildman–Crippen LogP) is 3.68. The molecular weight excluding hydrogens is 387 g/mol. The minimum atomic E-state index is -0.698. The van der Waals surface area contributed by atoms with E-state index in [1.165, 1.54) is 36.3 Å². The van der Waals surface area contributed by atoms with Crippen LogP contribution in [0.5, 0.6) is 5.75 Å². The van der Waals surface area contributed by atoms with Crippen molar-refractivity contribution < 1.29 is 27.2 Å². The van der Waals surface area contributed by atoms with E-state index < -0.39 is 17.5 Å². The number of rotatable bonds is 5. The second-order valence-corrected chi connectivity index (χ2v) is 6.76. The lowest BCUT2D eigenvalue weighted by Gasteiger charge is -2.16. The molecule has 2 heterocycles. The summed E-state index contributed by atoms with van der Waals surface area (Å²) in [6, 6.07) is 7.44. The molecule has 0 N–H and O–H groups in total. The molecule has 1 atom stereocenters. The van der Waals surface area contributed by atoms with Gasteiger partial charge in [0.2, 0.25) is 17.6 Å². The summed E-state index contributed by atoms with van der Waals surface area (Å²) in [5.41, 5.74) is 0.770. The van der Waals surface area contributed by atoms with Crippen LogP contribution in [-0.2, 0) is 11.3 Å². The van der Waals surface area contributed by atoms with Gasteiger partial charge in [-0.2, -0.15) is 4.98 Å². The maximum atomic E-state index is 13.9. The third-order valence-electron chi connectivity index (χ3n) is 4.71. The lowest BCUT2D eigenvalue weighted by molar-refractivity contribution is -0.128. The highest BCUT2D eigenvalue weighted by atomic mass is 19.1. The number of carbonyl (C=O) groups is 1. The Morgan fingerprint density at radius 2 is 1.93 bits per heavy atom.